The van der Waals surface area contributed by atoms with Crippen LogP contribution in [0.15, 0.2) is 0 Å². The number of nitrogens with zero attached hydrogens (tertiary/aromatic N) is 1. The van der Waals surface area contributed by atoms with Crippen molar-refractivity contribution in [1.29, 1.82) is 0 Å². The normalized spacial score (nSPS) is 10.9. The number of primary amides is 1. The number of amides is 2. The Kier molecular flexibility index (Phi) is 4.36. The molecule has 0 heterocycles. The number of nitrogens with two attached hydrogens (primary N) is 2. The van der Waals surface area contributed by atoms with Gasteiger partial charge in [-0.2, -0.15) is 0 Å². The van der Waals surface area contributed by atoms with Crippen LogP contribution in [0.2, 0.25) is 0 Å². The van der Waals surface area contributed by atoms with Gasteiger partial charge < -0.3 is 10.5 Å². The van der Waals surface area contributed by atoms with Crippen molar-refractivity contribution in [2.75, 3.05) is 6.54 Å². The highest BCUT2D eigenvalue weighted by molar-refractivity contribution is 5.75. The van der Waals surface area contributed by atoms with E-state index in [4.69, 9.17) is 16.3 Å². The second-order valence-electron chi connectivity index (χ2n) is 3.89. The summed E-state index contributed by atoms with van der Waals surface area (Å²) in [6.07, 6.45) is -0.644. The molecule has 0 unspecified atom stereocenters. The smallest absolute Gasteiger partial charge is 0.424 e. The third kappa shape index (κ3) is 6.24. The van der Waals surface area contributed by atoms with Crippen LogP contribution in [-0.4, -0.2) is 29.2 Å². The largest absolute Gasteiger partial charge is 0.443 e. The van der Waals surface area contributed by atoms with Gasteiger partial charge in [0, 0.05) is 13.0 Å². The molecule has 0 saturated heterocycles. The molecule has 0 aliphatic rings. The molecule has 14 heavy (non-hydrogen) atoms. The summed E-state index contributed by atoms with van der Waals surface area (Å²) in [6.45, 7) is 5.25. The van der Waals surface area contributed by atoms with E-state index in [1.165, 1.54) is 0 Å². The molecule has 82 valence electrons. The quantitative estimate of drug-likeness (QED) is 0.382. The first-order valence-electron chi connectivity index (χ1n) is 4.26. The SMILES string of the molecule is CC(C)(C)OC(=O)N(N)CCC(N)=O. The molecule has 0 aliphatic heterocycles. The van der Waals surface area contributed by atoms with Crippen LogP contribution < -0.4 is 11.6 Å². The Morgan fingerprint density at radius 2 is 1.86 bits per heavy atom. The number of ether oxygens (including phenoxy) is 1. The van der Waals surface area contributed by atoms with Gasteiger partial charge in [-0.3, -0.25) is 4.79 Å². The number of rotatable bonds is 3. The summed E-state index contributed by atoms with van der Waals surface area (Å²) >= 11 is 0. The summed E-state index contributed by atoms with van der Waals surface area (Å²) in [5.41, 5.74) is 4.30. The molecule has 0 fully saturated rings. The Morgan fingerprint density at radius 1 is 1.36 bits per heavy atom. The lowest BCUT2D eigenvalue weighted by molar-refractivity contribution is -0.118. The number of hydrogen-bond donors (Lipinski definition) is 2. The summed E-state index contributed by atoms with van der Waals surface area (Å²) < 4.78 is 4.94. The minimum atomic E-state index is -0.668. The Labute approximate surface area is 83.1 Å². The summed E-state index contributed by atoms with van der Waals surface area (Å²) in [5, 5.41) is 0.829. The Balaban J connectivity index is 3.94. The predicted octanol–water partition coefficient (Wildman–Crippen LogP) is -0.0274. The molecule has 6 nitrogen and oxygen atoms in total. The van der Waals surface area contributed by atoms with E-state index in [-0.39, 0.29) is 13.0 Å². The van der Waals surface area contributed by atoms with Crippen molar-refractivity contribution in [2.45, 2.75) is 32.8 Å². The van der Waals surface area contributed by atoms with Gasteiger partial charge in [-0.15, -0.1) is 0 Å². The highest BCUT2D eigenvalue weighted by atomic mass is 16.6. The summed E-state index contributed by atoms with van der Waals surface area (Å²) in [5.74, 6) is 4.81. The standard InChI is InChI=1S/C8H17N3O3/c1-8(2,3)14-7(13)11(10)5-4-6(9)12/h4-5,10H2,1-3H3,(H2,9,12). The molecular formula is C8H17N3O3. The maximum absolute atomic E-state index is 11.2. The summed E-state index contributed by atoms with van der Waals surface area (Å²) in [6, 6.07) is 0. The van der Waals surface area contributed by atoms with Crippen molar-refractivity contribution in [1.82, 2.24) is 5.01 Å². The molecule has 0 saturated carbocycles. The summed E-state index contributed by atoms with van der Waals surface area (Å²) in [4.78, 5) is 21.6. The van der Waals surface area contributed by atoms with Crippen LogP contribution in [0.25, 0.3) is 0 Å². The van der Waals surface area contributed by atoms with E-state index in [1.54, 1.807) is 20.8 Å². The Morgan fingerprint density at radius 3 is 2.21 bits per heavy atom. The first-order valence-corrected chi connectivity index (χ1v) is 4.26. The van der Waals surface area contributed by atoms with E-state index in [0.29, 0.717) is 0 Å². The average Bonchev–Trinajstić information content (AvgIpc) is 1.96. The first kappa shape index (κ1) is 12.7. The lowest BCUT2D eigenvalue weighted by Crippen LogP contribution is -2.42. The topological polar surface area (TPSA) is 98.7 Å². The monoisotopic (exact) mass is 203 g/mol. The van der Waals surface area contributed by atoms with Crippen molar-refractivity contribution in [3.05, 3.63) is 0 Å². The highest BCUT2D eigenvalue weighted by Crippen LogP contribution is 2.08. The average molecular weight is 203 g/mol. The molecule has 0 bridgehead atoms. The van der Waals surface area contributed by atoms with Crippen LogP contribution in [0, 0.1) is 0 Å². The maximum Gasteiger partial charge on any atom is 0.424 e. The summed E-state index contributed by atoms with van der Waals surface area (Å²) in [7, 11) is 0. The van der Waals surface area contributed by atoms with Crippen molar-refractivity contribution in [2.24, 2.45) is 11.6 Å². The molecule has 0 aromatic heterocycles. The molecule has 0 aliphatic carbocycles. The molecule has 0 radical (unpaired) electrons. The van der Waals surface area contributed by atoms with Crippen LogP contribution in [0.1, 0.15) is 27.2 Å². The van der Waals surface area contributed by atoms with Gasteiger partial charge in [-0.05, 0) is 20.8 Å². The van der Waals surface area contributed by atoms with Gasteiger partial charge in [0.05, 0.1) is 0 Å². The van der Waals surface area contributed by atoms with Crippen molar-refractivity contribution < 1.29 is 14.3 Å². The fourth-order valence-corrected chi connectivity index (χ4v) is 0.642. The van der Waals surface area contributed by atoms with Crippen LogP contribution in [0.5, 0.6) is 0 Å². The second kappa shape index (κ2) is 4.80. The van der Waals surface area contributed by atoms with Crippen LogP contribution >= 0.6 is 0 Å². The number of hydrogen-bond acceptors (Lipinski definition) is 4. The molecule has 6 heteroatoms. The van der Waals surface area contributed by atoms with E-state index < -0.39 is 17.6 Å². The van der Waals surface area contributed by atoms with Gasteiger partial charge >= 0.3 is 6.09 Å². The van der Waals surface area contributed by atoms with Crippen LogP contribution in [0.4, 0.5) is 4.79 Å². The van der Waals surface area contributed by atoms with Gasteiger partial charge in [-0.25, -0.2) is 15.6 Å². The van der Waals surface area contributed by atoms with Gasteiger partial charge in [-0.1, -0.05) is 0 Å². The number of carbonyl (C=O) groups excluding carboxylic acids is 2. The molecule has 0 aromatic rings. The van der Waals surface area contributed by atoms with Gasteiger partial charge in [0.25, 0.3) is 0 Å². The zero-order chi connectivity index (χ0) is 11.4. The van der Waals surface area contributed by atoms with E-state index in [9.17, 15) is 9.59 Å². The van der Waals surface area contributed by atoms with Crippen LogP contribution in [-0.2, 0) is 9.53 Å². The highest BCUT2D eigenvalue weighted by Gasteiger charge is 2.19. The lowest BCUT2D eigenvalue weighted by atomic mass is 10.2. The third-order valence-electron chi connectivity index (χ3n) is 1.23. The minimum absolute atomic E-state index is 0.0236. The van der Waals surface area contributed by atoms with E-state index in [2.05, 4.69) is 0 Å². The zero-order valence-electron chi connectivity index (χ0n) is 8.74. The van der Waals surface area contributed by atoms with Crippen LogP contribution in [0.3, 0.4) is 0 Å². The molecular weight excluding hydrogens is 186 g/mol. The fourth-order valence-electron chi connectivity index (χ4n) is 0.642. The zero-order valence-corrected chi connectivity index (χ0v) is 8.74. The third-order valence-corrected chi connectivity index (χ3v) is 1.23. The molecule has 0 atom stereocenters. The molecule has 4 N–H and O–H groups in total. The first-order chi connectivity index (χ1) is 6.22. The van der Waals surface area contributed by atoms with Gasteiger partial charge in [0.15, 0.2) is 0 Å². The van der Waals surface area contributed by atoms with Gasteiger partial charge in [0.1, 0.15) is 5.60 Å². The van der Waals surface area contributed by atoms with E-state index >= 15 is 0 Å². The predicted molar refractivity (Wildman–Crippen MR) is 50.9 cm³/mol. The number of hydrazine groups is 1. The van der Waals surface area contributed by atoms with Gasteiger partial charge in [0.2, 0.25) is 5.91 Å². The number of carbonyl (C=O) groups is 2. The minimum Gasteiger partial charge on any atom is -0.443 e. The lowest BCUT2D eigenvalue weighted by Gasteiger charge is -2.23. The molecule has 0 spiro atoms. The fraction of sp³-hybridized carbons (Fsp3) is 0.750. The van der Waals surface area contributed by atoms with Crippen molar-refractivity contribution in [3.63, 3.8) is 0 Å². The Bertz CT molecular complexity index is 222. The van der Waals surface area contributed by atoms with Crippen molar-refractivity contribution in [3.8, 4) is 0 Å². The Hall–Kier alpha value is -1.30. The van der Waals surface area contributed by atoms with E-state index in [1.807, 2.05) is 0 Å². The maximum atomic E-state index is 11.2. The second-order valence-corrected chi connectivity index (χ2v) is 3.89. The molecule has 0 rings (SSSR count). The van der Waals surface area contributed by atoms with Crippen molar-refractivity contribution >= 4 is 12.0 Å². The molecule has 2 amide bonds. The van der Waals surface area contributed by atoms with E-state index in [0.717, 1.165) is 5.01 Å². The molecule has 0 aromatic carbocycles.